The number of hydrogen-bond donors (Lipinski definition) is 1. The van der Waals surface area contributed by atoms with Gasteiger partial charge in [0.05, 0.1) is 0 Å². The summed E-state index contributed by atoms with van der Waals surface area (Å²) in [5, 5.41) is 0. The molecule has 1 nitrogen and oxygen atoms in total. The summed E-state index contributed by atoms with van der Waals surface area (Å²) in [6, 6.07) is 0. The van der Waals surface area contributed by atoms with Crippen LogP contribution in [0.4, 0.5) is 4.39 Å². The van der Waals surface area contributed by atoms with Crippen LogP contribution in [0.3, 0.4) is 0 Å². The van der Waals surface area contributed by atoms with Crippen molar-refractivity contribution in [2.75, 3.05) is 6.54 Å². The first-order chi connectivity index (χ1) is 4.20. The van der Waals surface area contributed by atoms with Crippen molar-refractivity contribution in [1.82, 2.24) is 0 Å². The molecule has 0 aliphatic rings. The molecule has 0 bridgehead atoms. The number of hydrogen-bond acceptors (Lipinski definition) is 1. The second kappa shape index (κ2) is 4.27. The summed E-state index contributed by atoms with van der Waals surface area (Å²) in [5.74, 6) is 0. The van der Waals surface area contributed by atoms with E-state index >= 15 is 0 Å². The number of nitrogens with two attached hydrogens (primary N) is 1. The molecule has 0 saturated carbocycles. The zero-order chi connectivity index (χ0) is 7.28. The average molecular weight is 129 g/mol. The van der Waals surface area contributed by atoms with Crippen molar-refractivity contribution in [3.05, 3.63) is 24.3 Å². The first kappa shape index (κ1) is 8.37. The van der Waals surface area contributed by atoms with Gasteiger partial charge in [-0.25, -0.2) is 4.39 Å². The summed E-state index contributed by atoms with van der Waals surface area (Å²) >= 11 is 0. The molecule has 0 rings (SSSR count). The van der Waals surface area contributed by atoms with E-state index in [1.165, 1.54) is 13.0 Å². The summed E-state index contributed by atoms with van der Waals surface area (Å²) in [4.78, 5) is 0. The van der Waals surface area contributed by atoms with Crippen LogP contribution >= 0.6 is 0 Å². The lowest BCUT2D eigenvalue weighted by Crippen LogP contribution is -2.02. The molecule has 2 heteroatoms. The Morgan fingerprint density at radius 3 is 2.56 bits per heavy atom. The second-order valence-electron chi connectivity index (χ2n) is 1.83. The van der Waals surface area contributed by atoms with Gasteiger partial charge in [0, 0.05) is 6.54 Å². The predicted octanol–water partition coefficient (Wildman–Crippen LogP) is 1.42. The van der Waals surface area contributed by atoms with Gasteiger partial charge in [0.15, 0.2) is 0 Å². The van der Waals surface area contributed by atoms with Crippen LogP contribution in [0, 0.1) is 0 Å². The Bertz CT molecular complexity index is 116. The lowest BCUT2D eigenvalue weighted by molar-refractivity contribution is 0.429. The third-order valence-corrected chi connectivity index (χ3v) is 0.942. The van der Waals surface area contributed by atoms with E-state index in [-0.39, 0.29) is 0 Å². The summed E-state index contributed by atoms with van der Waals surface area (Å²) < 4.78 is 12.1. The Morgan fingerprint density at radius 2 is 2.44 bits per heavy atom. The quantitative estimate of drug-likeness (QED) is 0.573. The average Bonchev–Trinajstić information content (AvgIpc) is 1.82. The third-order valence-electron chi connectivity index (χ3n) is 0.942. The highest BCUT2D eigenvalue weighted by Crippen LogP contribution is 1.98. The van der Waals surface area contributed by atoms with Crippen LogP contribution in [0.5, 0.6) is 0 Å². The first-order valence-electron chi connectivity index (χ1n) is 2.88. The fraction of sp³-hybridized carbons (Fsp3) is 0.429. The second-order valence-corrected chi connectivity index (χ2v) is 1.83. The molecule has 1 unspecified atom stereocenters. The van der Waals surface area contributed by atoms with E-state index in [2.05, 4.69) is 6.58 Å². The molecular weight excluding hydrogens is 117 g/mol. The summed E-state index contributed by atoms with van der Waals surface area (Å²) in [7, 11) is 0. The molecule has 2 N–H and O–H groups in total. The fourth-order valence-electron chi connectivity index (χ4n) is 0.514. The highest BCUT2D eigenvalue weighted by Gasteiger charge is 1.92. The molecule has 0 aromatic carbocycles. The minimum absolute atomic E-state index is 0.359. The van der Waals surface area contributed by atoms with E-state index in [0.717, 1.165) is 5.57 Å². The molecule has 0 radical (unpaired) electrons. The van der Waals surface area contributed by atoms with Gasteiger partial charge in [-0.15, -0.1) is 0 Å². The Balaban J connectivity index is 3.90. The lowest BCUT2D eigenvalue weighted by Gasteiger charge is -1.96. The van der Waals surface area contributed by atoms with Crippen LogP contribution in [0.1, 0.15) is 6.92 Å². The van der Waals surface area contributed by atoms with Crippen LogP contribution in [0.25, 0.3) is 0 Å². The van der Waals surface area contributed by atoms with E-state index in [4.69, 9.17) is 5.73 Å². The number of rotatable bonds is 3. The molecule has 52 valence electrons. The summed E-state index contributed by atoms with van der Waals surface area (Å²) in [6.07, 6.45) is 2.09. The van der Waals surface area contributed by atoms with Gasteiger partial charge in [0.25, 0.3) is 0 Å². The summed E-state index contributed by atoms with van der Waals surface area (Å²) in [5.41, 5.74) is 5.98. The van der Waals surface area contributed by atoms with Gasteiger partial charge in [-0.1, -0.05) is 12.7 Å². The molecule has 0 spiro atoms. The Kier molecular flexibility index (Phi) is 3.97. The molecule has 0 amide bonds. The zero-order valence-corrected chi connectivity index (χ0v) is 5.60. The smallest absolute Gasteiger partial charge is 0.116 e. The monoisotopic (exact) mass is 129 g/mol. The maximum Gasteiger partial charge on any atom is 0.116 e. The van der Waals surface area contributed by atoms with Gasteiger partial charge in [0.2, 0.25) is 0 Å². The molecular formula is C7H12FN. The number of halogens is 1. The third kappa shape index (κ3) is 3.91. The molecule has 9 heavy (non-hydrogen) atoms. The first-order valence-corrected chi connectivity index (χ1v) is 2.88. The Morgan fingerprint density at radius 1 is 1.89 bits per heavy atom. The summed E-state index contributed by atoms with van der Waals surface area (Å²) in [6.45, 7) is 5.29. The topological polar surface area (TPSA) is 26.0 Å². The van der Waals surface area contributed by atoms with Gasteiger partial charge < -0.3 is 5.73 Å². The van der Waals surface area contributed by atoms with Crippen molar-refractivity contribution < 1.29 is 4.39 Å². The fourth-order valence-corrected chi connectivity index (χ4v) is 0.514. The van der Waals surface area contributed by atoms with Crippen molar-refractivity contribution >= 4 is 0 Å². The van der Waals surface area contributed by atoms with Gasteiger partial charge in [-0.3, -0.25) is 0 Å². The van der Waals surface area contributed by atoms with Crippen molar-refractivity contribution in [2.45, 2.75) is 13.1 Å². The van der Waals surface area contributed by atoms with Gasteiger partial charge in [-0.05, 0) is 18.6 Å². The minimum Gasteiger partial charge on any atom is -0.327 e. The van der Waals surface area contributed by atoms with Crippen molar-refractivity contribution in [2.24, 2.45) is 5.73 Å². The minimum atomic E-state index is -0.929. The maximum absolute atomic E-state index is 12.1. The van der Waals surface area contributed by atoms with Crippen LogP contribution in [0.15, 0.2) is 24.3 Å². The van der Waals surface area contributed by atoms with Crippen LogP contribution in [0.2, 0.25) is 0 Å². The standard InChI is InChI=1S/C7H12FN/c1-3-7(5-9)4-6(2)8/h3-4,6H,1,5,9H2,2H3/b7-4+. The highest BCUT2D eigenvalue weighted by atomic mass is 19.1. The number of alkyl halides is 1. The Labute approximate surface area is 55.1 Å². The normalized spacial score (nSPS) is 15.2. The van der Waals surface area contributed by atoms with E-state index in [0.29, 0.717) is 6.54 Å². The zero-order valence-electron chi connectivity index (χ0n) is 5.60. The molecule has 0 saturated heterocycles. The molecule has 0 aromatic heterocycles. The van der Waals surface area contributed by atoms with E-state index in [1.54, 1.807) is 6.08 Å². The van der Waals surface area contributed by atoms with Gasteiger partial charge in [0.1, 0.15) is 6.17 Å². The lowest BCUT2D eigenvalue weighted by atomic mass is 10.2. The molecule has 1 atom stereocenters. The Hall–Kier alpha value is -0.630. The van der Waals surface area contributed by atoms with Crippen molar-refractivity contribution in [3.63, 3.8) is 0 Å². The van der Waals surface area contributed by atoms with Crippen molar-refractivity contribution in [3.8, 4) is 0 Å². The van der Waals surface area contributed by atoms with E-state index in [1.807, 2.05) is 0 Å². The van der Waals surface area contributed by atoms with Crippen LogP contribution < -0.4 is 5.73 Å². The number of allylic oxidation sites excluding steroid dienone is 1. The maximum atomic E-state index is 12.1. The van der Waals surface area contributed by atoms with Crippen molar-refractivity contribution in [1.29, 1.82) is 0 Å². The molecule has 0 aliphatic heterocycles. The van der Waals surface area contributed by atoms with E-state index < -0.39 is 6.17 Å². The van der Waals surface area contributed by atoms with Gasteiger partial charge >= 0.3 is 0 Å². The molecule has 0 aliphatic carbocycles. The predicted molar refractivity (Wildman–Crippen MR) is 37.9 cm³/mol. The van der Waals surface area contributed by atoms with Gasteiger partial charge in [-0.2, -0.15) is 0 Å². The SMILES string of the molecule is C=C/C(=C\C(C)F)CN. The molecule has 0 aromatic rings. The molecule has 0 fully saturated rings. The van der Waals surface area contributed by atoms with Crippen LogP contribution in [-0.4, -0.2) is 12.7 Å². The largest absolute Gasteiger partial charge is 0.327 e. The van der Waals surface area contributed by atoms with Crippen LogP contribution in [-0.2, 0) is 0 Å². The highest BCUT2D eigenvalue weighted by molar-refractivity contribution is 5.18. The molecule has 0 heterocycles. The van der Waals surface area contributed by atoms with E-state index in [9.17, 15) is 4.39 Å².